The van der Waals surface area contributed by atoms with E-state index in [1.165, 1.54) is 10.9 Å². The molecule has 1 N–H and O–H groups in total. The predicted octanol–water partition coefficient (Wildman–Crippen LogP) is 11.6. The molecular formula is C46H36N3OPt-. The number of nitrogens with zero attached hydrogens (tertiary/aromatic N) is 3. The largest absolute Gasteiger partial charge is 0.507 e. The molecule has 5 heteroatoms. The van der Waals surface area contributed by atoms with Crippen molar-refractivity contribution in [3.63, 3.8) is 0 Å². The minimum absolute atomic E-state index is 0. The third-order valence-electron chi connectivity index (χ3n) is 9.21. The van der Waals surface area contributed by atoms with E-state index in [1.54, 1.807) is 6.07 Å². The first-order valence-electron chi connectivity index (χ1n) is 16.9. The maximum Gasteiger partial charge on any atom is 0.124 e. The van der Waals surface area contributed by atoms with Crippen LogP contribution in [0.1, 0.15) is 26.3 Å². The van der Waals surface area contributed by atoms with E-state index >= 15 is 0 Å². The van der Waals surface area contributed by atoms with Gasteiger partial charge < -0.3 is 9.67 Å². The van der Waals surface area contributed by atoms with Gasteiger partial charge in [0.15, 0.2) is 0 Å². The van der Waals surface area contributed by atoms with Crippen molar-refractivity contribution in [2.75, 3.05) is 0 Å². The van der Waals surface area contributed by atoms with Crippen molar-refractivity contribution in [2.45, 2.75) is 26.2 Å². The Bertz CT molecular complexity index is 2490. The molecule has 0 saturated carbocycles. The molecule has 252 valence electrons. The maximum atomic E-state index is 11.0. The maximum absolute atomic E-state index is 11.0. The fourth-order valence-electron chi connectivity index (χ4n) is 6.61. The van der Waals surface area contributed by atoms with E-state index in [0.29, 0.717) is 11.3 Å². The van der Waals surface area contributed by atoms with Crippen molar-refractivity contribution in [3.8, 4) is 67.6 Å². The van der Waals surface area contributed by atoms with Gasteiger partial charge in [-0.15, -0.1) is 24.3 Å². The molecule has 3 heterocycles. The van der Waals surface area contributed by atoms with Crippen LogP contribution in [0, 0.1) is 6.07 Å². The van der Waals surface area contributed by atoms with Crippen molar-refractivity contribution in [1.29, 1.82) is 0 Å². The van der Waals surface area contributed by atoms with Gasteiger partial charge >= 0.3 is 0 Å². The smallest absolute Gasteiger partial charge is 0.124 e. The molecule has 0 amide bonds. The summed E-state index contributed by atoms with van der Waals surface area (Å²) in [5.74, 6) is 0.181. The van der Waals surface area contributed by atoms with E-state index in [9.17, 15) is 5.11 Å². The number of pyridine rings is 2. The monoisotopic (exact) mass is 841 g/mol. The molecule has 0 radical (unpaired) electrons. The number of phenolic OH excluding ortho intramolecular Hbond substituents is 1. The van der Waals surface area contributed by atoms with Gasteiger partial charge in [0.25, 0.3) is 0 Å². The average molecular weight is 842 g/mol. The Kier molecular flexibility index (Phi) is 9.29. The zero-order chi connectivity index (χ0) is 34.2. The Hall–Kier alpha value is -5.57. The van der Waals surface area contributed by atoms with Crippen molar-refractivity contribution < 1.29 is 26.2 Å². The minimum atomic E-state index is -0.00339. The van der Waals surface area contributed by atoms with Gasteiger partial charge in [0.2, 0.25) is 0 Å². The first kappa shape index (κ1) is 33.9. The number of aromatic hydroxyl groups is 1. The third kappa shape index (κ3) is 6.68. The van der Waals surface area contributed by atoms with Gasteiger partial charge in [-0.3, -0.25) is 9.97 Å². The Balaban J connectivity index is 0.00000406. The Morgan fingerprint density at radius 1 is 0.588 bits per heavy atom. The van der Waals surface area contributed by atoms with Crippen LogP contribution in [0.3, 0.4) is 0 Å². The summed E-state index contributed by atoms with van der Waals surface area (Å²) in [6, 6.07) is 55.3. The second-order valence-electron chi connectivity index (χ2n) is 13.6. The first-order valence-corrected chi connectivity index (χ1v) is 16.9. The quantitative estimate of drug-likeness (QED) is 0.170. The molecule has 8 aromatic rings. The number of phenols is 1. The van der Waals surface area contributed by atoms with Crippen LogP contribution in [0.15, 0.2) is 158 Å². The summed E-state index contributed by atoms with van der Waals surface area (Å²) in [5.41, 5.74) is 12.4. The molecule has 0 spiro atoms. The van der Waals surface area contributed by atoms with E-state index in [1.807, 2.05) is 48.7 Å². The molecule has 0 saturated heterocycles. The number of para-hydroxylation sites is 3. The van der Waals surface area contributed by atoms with Crippen molar-refractivity contribution >= 4 is 10.9 Å². The van der Waals surface area contributed by atoms with Gasteiger partial charge in [-0.25, -0.2) is 0 Å². The average Bonchev–Trinajstić information content (AvgIpc) is 3.55. The summed E-state index contributed by atoms with van der Waals surface area (Å²) in [6.45, 7) is 6.62. The summed E-state index contributed by atoms with van der Waals surface area (Å²) in [6.07, 6.45) is 1.87. The molecule has 0 aliphatic rings. The van der Waals surface area contributed by atoms with Crippen LogP contribution >= 0.6 is 0 Å². The topological polar surface area (TPSA) is 50.9 Å². The predicted molar refractivity (Wildman–Crippen MR) is 205 cm³/mol. The molecule has 8 rings (SSSR count). The van der Waals surface area contributed by atoms with Crippen LogP contribution in [0.2, 0.25) is 0 Å². The van der Waals surface area contributed by atoms with E-state index in [-0.39, 0.29) is 32.2 Å². The van der Waals surface area contributed by atoms with E-state index < -0.39 is 0 Å². The van der Waals surface area contributed by atoms with Gasteiger partial charge in [-0.05, 0) is 64.6 Å². The van der Waals surface area contributed by atoms with Gasteiger partial charge in [-0.1, -0.05) is 123 Å². The van der Waals surface area contributed by atoms with Gasteiger partial charge in [0.05, 0.1) is 22.6 Å². The Morgan fingerprint density at radius 2 is 1.25 bits per heavy atom. The zero-order valence-corrected chi connectivity index (χ0v) is 30.9. The van der Waals surface area contributed by atoms with E-state index in [4.69, 9.17) is 9.97 Å². The fraction of sp³-hybridized carbons (Fsp3) is 0.0870. The molecule has 0 atom stereocenters. The van der Waals surface area contributed by atoms with Crippen molar-refractivity contribution in [3.05, 3.63) is 169 Å². The normalized spacial score (nSPS) is 11.4. The first-order chi connectivity index (χ1) is 24.3. The molecule has 0 fully saturated rings. The summed E-state index contributed by atoms with van der Waals surface area (Å²) in [7, 11) is 0. The number of hydrogen-bond acceptors (Lipinski definition) is 3. The van der Waals surface area contributed by atoms with E-state index in [0.717, 1.165) is 56.1 Å². The summed E-state index contributed by atoms with van der Waals surface area (Å²) < 4.78 is 2.35. The number of benzene rings is 5. The number of hydrogen-bond donors (Lipinski definition) is 1. The van der Waals surface area contributed by atoms with Gasteiger partial charge in [0, 0.05) is 55.2 Å². The van der Waals surface area contributed by atoms with Crippen molar-refractivity contribution in [1.82, 2.24) is 14.5 Å². The van der Waals surface area contributed by atoms with Crippen LogP contribution < -0.4 is 0 Å². The van der Waals surface area contributed by atoms with Crippen LogP contribution in [-0.4, -0.2) is 19.6 Å². The number of rotatable bonds is 6. The Morgan fingerprint density at radius 3 is 2.04 bits per heavy atom. The molecular weight excluding hydrogens is 806 g/mol. The number of fused-ring (bicyclic) bond motifs is 1. The molecule has 0 aliphatic carbocycles. The zero-order valence-electron chi connectivity index (χ0n) is 28.6. The van der Waals surface area contributed by atoms with Crippen LogP contribution in [0.4, 0.5) is 0 Å². The van der Waals surface area contributed by atoms with Gasteiger partial charge in [0.1, 0.15) is 5.75 Å². The summed E-state index contributed by atoms with van der Waals surface area (Å²) in [4.78, 5) is 9.85. The molecule has 3 aromatic heterocycles. The molecule has 0 bridgehead atoms. The van der Waals surface area contributed by atoms with E-state index in [2.05, 4.69) is 135 Å². The summed E-state index contributed by atoms with van der Waals surface area (Å²) >= 11 is 0. The summed E-state index contributed by atoms with van der Waals surface area (Å²) in [5, 5.41) is 12.2. The van der Waals surface area contributed by atoms with Gasteiger partial charge in [-0.2, -0.15) is 0 Å². The van der Waals surface area contributed by atoms with Crippen LogP contribution in [-0.2, 0) is 26.5 Å². The van der Waals surface area contributed by atoms with Crippen molar-refractivity contribution in [2.24, 2.45) is 0 Å². The molecule has 0 aliphatic heterocycles. The van der Waals surface area contributed by atoms with Crippen LogP contribution in [0.5, 0.6) is 5.75 Å². The SMILES string of the molecule is CC(C)(C)c1ccnc(-c2[c-]c(-c3cc(-c4ccccc4-n4c(-c5ccccc5)cc5ccccc54)cc(-c4ccccc4O)n3)ccc2)c1.[Pt]. The number of aromatic nitrogens is 3. The second-order valence-corrected chi connectivity index (χ2v) is 13.6. The molecule has 5 aromatic carbocycles. The van der Waals surface area contributed by atoms with Crippen LogP contribution in [0.25, 0.3) is 72.7 Å². The third-order valence-corrected chi connectivity index (χ3v) is 9.21. The Labute approximate surface area is 313 Å². The standard InChI is InChI=1S/C46H36N3O.Pt/c1-46(2,3)36-24-25-47-39(30-36)32-17-13-18-33(26-32)40-27-35(28-41(48-40)38-20-9-12-23-45(38)50)37-19-8-11-22-43(37)49-42-21-10-7-16-34(42)29-44(49)31-14-5-4-6-15-31;/h4-25,27-30,50H,1-3H3;/q-1;. The molecule has 51 heavy (non-hydrogen) atoms. The minimum Gasteiger partial charge on any atom is -0.507 e. The molecule has 4 nitrogen and oxygen atoms in total. The molecule has 0 unspecified atom stereocenters. The second kappa shape index (κ2) is 14.0. The fourth-order valence-corrected chi connectivity index (χ4v) is 6.61.